The van der Waals surface area contributed by atoms with E-state index in [-0.39, 0.29) is 40.0 Å². The van der Waals surface area contributed by atoms with Crippen molar-refractivity contribution in [2.45, 2.75) is 51.6 Å². The lowest BCUT2D eigenvalue weighted by molar-refractivity contribution is -0.859. The molecule has 3 N–H and O–H groups in total. The van der Waals surface area contributed by atoms with Crippen LogP contribution in [0, 0.1) is 5.92 Å². The number of ketones is 2. The van der Waals surface area contributed by atoms with Gasteiger partial charge in [-0.15, -0.1) is 0 Å². The second-order valence-corrected chi connectivity index (χ2v) is 8.52. The summed E-state index contributed by atoms with van der Waals surface area (Å²) in [5.41, 5.74) is 4.32. The van der Waals surface area contributed by atoms with Crippen LogP contribution in [-0.2, 0) is 19.9 Å². The molecule has 3 atom stereocenters. The summed E-state index contributed by atoms with van der Waals surface area (Å²) in [4.78, 5) is 52.3. The molecule has 1 aromatic carbocycles. The maximum absolute atomic E-state index is 13.5. The zero-order valence-corrected chi connectivity index (χ0v) is 18.3. The molecule has 3 rings (SSSR count). The number of nitrogens with one attached hydrogen (secondary N) is 1. The number of nitrogens with two attached hydrogens (primary N) is 1. The number of rotatable bonds is 7. The second kappa shape index (κ2) is 8.72. The van der Waals surface area contributed by atoms with Gasteiger partial charge in [-0.25, -0.2) is 9.59 Å². The van der Waals surface area contributed by atoms with E-state index in [9.17, 15) is 19.2 Å². The molecular formula is C23H29N2O6+. The van der Waals surface area contributed by atoms with E-state index in [0.29, 0.717) is 24.8 Å². The number of carbonyl (C=O) groups excluding carboxylic acids is 3. The third-order valence-electron chi connectivity index (χ3n) is 5.96. The predicted octanol–water partition coefficient (Wildman–Crippen LogP) is 0.734. The smallest absolute Gasteiger partial charge is 0.379 e. The van der Waals surface area contributed by atoms with Gasteiger partial charge in [0, 0.05) is 25.2 Å². The van der Waals surface area contributed by atoms with Crippen LogP contribution in [0.5, 0.6) is 5.75 Å². The molecule has 0 saturated carbocycles. The molecule has 1 aliphatic heterocycles. The highest BCUT2D eigenvalue weighted by Crippen LogP contribution is 2.38. The monoisotopic (exact) mass is 429 g/mol. The van der Waals surface area contributed by atoms with Crippen LogP contribution in [0.25, 0.3) is 11.0 Å². The molecule has 166 valence electrons. The maximum Gasteiger partial charge on any atom is 0.379 e. The molecule has 0 bridgehead atoms. The summed E-state index contributed by atoms with van der Waals surface area (Å²) < 4.78 is 10.7. The number of methoxy groups -OCH3 is 1. The van der Waals surface area contributed by atoms with Gasteiger partial charge < -0.3 is 14.9 Å². The molecule has 0 radical (unpaired) electrons. The van der Waals surface area contributed by atoms with Crippen LogP contribution in [0.15, 0.2) is 33.5 Å². The summed E-state index contributed by atoms with van der Waals surface area (Å²) in [7, 11) is 1.30. The molecule has 1 saturated heterocycles. The number of para-hydroxylation sites is 1. The van der Waals surface area contributed by atoms with E-state index in [1.807, 2.05) is 13.8 Å². The number of hydrogen-bond acceptors (Lipinski definition) is 7. The first-order chi connectivity index (χ1) is 14.6. The van der Waals surface area contributed by atoms with Crippen molar-refractivity contribution in [3.63, 3.8) is 0 Å². The normalized spacial score (nSPS) is 21.9. The zero-order chi connectivity index (χ0) is 22.9. The molecule has 2 aromatic rings. The van der Waals surface area contributed by atoms with Crippen molar-refractivity contribution in [2.75, 3.05) is 13.7 Å². The van der Waals surface area contributed by atoms with Crippen LogP contribution < -0.4 is 21.0 Å². The molecule has 1 aliphatic rings. The first-order valence-corrected chi connectivity index (χ1v) is 10.5. The summed E-state index contributed by atoms with van der Waals surface area (Å²) in [5, 5.41) is 0.457. The Balaban J connectivity index is 2.36. The van der Waals surface area contributed by atoms with Crippen LogP contribution >= 0.6 is 0 Å². The van der Waals surface area contributed by atoms with Gasteiger partial charge >= 0.3 is 11.5 Å². The van der Waals surface area contributed by atoms with E-state index in [0.717, 1.165) is 0 Å². The van der Waals surface area contributed by atoms with E-state index >= 15 is 0 Å². The fourth-order valence-electron chi connectivity index (χ4n) is 4.75. The molecule has 1 amide bonds. The van der Waals surface area contributed by atoms with E-state index in [1.165, 1.54) is 14.0 Å². The summed E-state index contributed by atoms with van der Waals surface area (Å²) in [6.07, 6.45) is 1.17. The number of hydrogen-bond donors (Lipinski definition) is 2. The van der Waals surface area contributed by atoms with Gasteiger partial charge in [-0.1, -0.05) is 32.0 Å². The first-order valence-electron chi connectivity index (χ1n) is 10.5. The topological polar surface area (TPSA) is 121 Å². The lowest BCUT2D eigenvalue weighted by Gasteiger charge is -2.34. The quantitative estimate of drug-likeness (QED) is 0.492. The number of Topliss-reactive ketones (excluding diaryl/α,β-unsaturated/α-hetero) is 2. The lowest BCUT2D eigenvalue weighted by atomic mass is 9.79. The molecule has 0 spiro atoms. The number of amides is 1. The van der Waals surface area contributed by atoms with Gasteiger partial charge in [0.25, 0.3) is 5.78 Å². The molecule has 1 fully saturated rings. The van der Waals surface area contributed by atoms with Gasteiger partial charge in [0.1, 0.15) is 11.6 Å². The summed E-state index contributed by atoms with van der Waals surface area (Å²) in [6, 6.07) is 5.93. The average Bonchev–Trinajstić information content (AvgIpc) is 3.16. The van der Waals surface area contributed by atoms with Gasteiger partial charge in [0.05, 0.1) is 19.2 Å². The average molecular weight is 429 g/mol. The minimum atomic E-state index is -1.60. The molecule has 1 aromatic heterocycles. The molecule has 1 unspecified atom stereocenters. The Morgan fingerprint density at radius 3 is 2.55 bits per heavy atom. The molecule has 8 nitrogen and oxygen atoms in total. The van der Waals surface area contributed by atoms with Crippen molar-refractivity contribution in [1.29, 1.82) is 0 Å². The lowest BCUT2D eigenvalue weighted by Crippen LogP contribution is -3.21. The van der Waals surface area contributed by atoms with Crippen LogP contribution in [0.4, 0.5) is 0 Å². The van der Waals surface area contributed by atoms with E-state index < -0.39 is 28.8 Å². The molecule has 2 heterocycles. The number of likely N-dealkylation sites (tertiary alicyclic amines) is 1. The van der Waals surface area contributed by atoms with Crippen molar-refractivity contribution in [1.82, 2.24) is 0 Å². The number of carbonyl (C=O) groups is 3. The van der Waals surface area contributed by atoms with E-state index in [1.54, 1.807) is 24.3 Å². The van der Waals surface area contributed by atoms with E-state index in [2.05, 4.69) is 0 Å². The largest absolute Gasteiger partial charge is 0.489 e. The minimum Gasteiger partial charge on any atom is -0.489 e. The Morgan fingerprint density at radius 2 is 1.94 bits per heavy atom. The number of fused-ring (bicyclic) bond motifs is 1. The maximum atomic E-state index is 13.5. The van der Waals surface area contributed by atoms with Crippen LogP contribution in [0.3, 0.4) is 0 Å². The van der Waals surface area contributed by atoms with Crippen molar-refractivity contribution in [3.8, 4) is 5.75 Å². The molecule has 31 heavy (non-hydrogen) atoms. The highest BCUT2D eigenvalue weighted by atomic mass is 16.5. The second-order valence-electron chi connectivity index (χ2n) is 8.52. The first kappa shape index (κ1) is 22.8. The number of quaternary nitrogens is 1. The third-order valence-corrected chi connectivity index (χ3v) is 5.96. The van der Waals surface area contributed by atoms with Crippen molar-refractivity contribution in [2.24, 2.45) is 11.7 Å². The fraction of sp³-hybridized carbons (Fsp3) is 0.478. The summed E-state index contributed by atoms with van der Waals surface area (Å²) in [5.74, 6) is -1.76. The van der Waals surface area contributed by atoms with Crippen LogP contribution in [0.2, 0.25) is 0 Å². The van der Waals surface area contributed by atoms with Crippen molar-refractivity contribution in [3.05, 3.63) is 40.2 Å². The van der Waals surface area contributed by atoms with Crippen molar-refractivity contribution < 1.29 is 28.4 Å². The number of ether oxygens (including phenoxy) is 1. The Hall–Kier alpha value is -2.84. The van der Waals surface area contributed by atoms with Gasteiger partial charge in [-0.3, -0.25) is 14.5 Å². The Morgan fingerprint density at radius 1 is 1.26 bits per heavy atom. The Kier molecular flexibility index (Phi) is 6.43. The van der Waals surface area contributed by atoms with Gasteiger partial charge in [-0.2, -0.15) is 0 Å². The van der Waals surface area contributed by atoms with Gasteiger partial charge in [0.15, 0.2) is 0 Å². The summed E-state index contributed by atoms with van der Waals surface area (Å²) in [6.45, 7) is 5.42. The Labute approximate surface area is 180 Å². The predicted molar refractivity (Wildman–Crippen MR) is 114 cm³/mol. The standard InChI is InChI=1S/C23H28N2O6/c1-13(2)12-16(24)21(28)25-11-7-10-23(25,20(27)14(3)26)18-15-8-5-6-9-17(15)31-22(29)19(18)30-4/h5-6,8-9,13,16H,7,10-12,24H2,1-4H3/p+1/t16-,23+/m0/s1. The van der Waals surface area contributed by atoms with Gasteiger partial charge in [0.2, 0.25) is 17.1 Å². The van der Waals surface area contributed by atoms with Crippen LogP contribution in [0.1, 0.15) is 45.6 Å². The van der Waals surface area contributed by atoms with Crippen LogP contribution in [-0.4, -0.2) is 37.2 Å². The van der Waals surface area contributed by atoms with E-state index in [4.69, 9.17) is 14.9 Å². The highest BCUT2D eigenvalue weighted by Gasteiger charge is 2.60. The zero-order valence-electron chi connectivity index (χ0n) is 18.3. The fourth-order valence-corrected chi connectivity index (χ4v) is 4.75. The third kappa shape index (κ3) is 3.81. The van der Waals surface area contributed by atoms with Crippen molar-refractivity contribution >= 4 is 28.4 Å². The highest BCUT2D eigenvalue weighted by molar-refractivity contribution is 6.39. The van der Waals surface area contributed by atoms with Gasteiger partial charge in [-0.05, 0) is 18.4 Å². The molecule has 0 aliphatic carbocycles. The minimum absolute atomic E-state index is 0.169. The number of benzene rings is 1. The summed E-state index contributed by atoms with van der Waals surface area (Å²) >= 11 is 0. The Bertz CT molecular complexity index is 1090. The molecular weight excluding hydrogens is 400 g/mol. The molecule has 8 heteroatoms. The SMILES string of the molecule is COc1c([C@@]2(C(=O)C(C)=O)CCC[NH+]2C(=O)[C@@H](N)CC(C)C)c2ccccc2oc1=O.